The number of H-pyrrole nitrogens is 1. The predicted molar refractivity (Wildman–Crippen MR) is 129 cm³/mol. The van der Waals surface area contributed by atoms with Crippen LogP contribution >= 0.6 is 0 Å². The molecule has 1 aliphatic rings. The van der Waals surface area contributed by atoms with Gasteiger partial charge in [0.2, 0.25) is 5.88 Å². The van der Waals surface area contributed by atoms with E-state index in [-0.39, 0.29) is 17.2 Å². The zero-order valence-corrected chi connectivity index (χ0v) is 19.0. The summed E-state index contributed by atoms with van der Waals surface area (Å²) in [7, 11) is 2.12. The summed E-state index contributed by atoms with van der Waals surface area (Å²) >= 11 is 0. The molecule has 0 spiro atoms. The zero-order chi connectivity index (χ0) is 23.7. The van der Waals surface area contributed by atoms with Crippen molar-refractivity contribution in [1.29, 1.82) is 5.26 Å². The molecule has 0 aliphatic carbocycles. The molecule has 1 fully saturated rings. The average Bonchev–Trinajstić information content (AvgIpc) is 3.23. The number of halogens is 1. The van der Waals surface area contributed by atoms with Gasteiger partial charge in [-0.05, 0) is 50.4 Å². The SMILES string of the molecule is Cc1cc2c(F)c(Oc3ncnc(Nc4cccc(N5CCN(C)CC5)c4)c3C#N)ccc2[nH]1. The van der Waals surface area contributed by atoms with Gasteiger partial charge in [-0.15, -0.1) is 0 Å². The van der Waals surface area contributed by atoms with Crippen LogP contribution in [0.2, 0.25) is 0 Å². The first-order valence-corrected chi connectivity index (χ1v) is 11.0. The fraction of sp³-hybridized carbons (Fsp3) is 0.240. The third-order valence-electron chi connectivity index (χ3n) is 5.95. The van der Waals surface area contributed by atoms with E-state index in [4.69, 9.17) is 4.74 Å². The van der Waals surface area contributed by atoms with Crippen molar-refractivity contribution < 1.29 is 9.13 Å². The maximum absolute atomic E-state index is 15.0. The van der Waals surface area contributed by atoms with Gasteiger partial charge in [-0.25, -0.2) is 14.4 Å². The second-order valence-corrected chi connectivity index (χ2v) is 8.37. The Morgan fingerprint density at radius 1 is 1.12 bits per heavy atom. The van der Waals surface area contributed by atoms with Crippen LogP contribution in [-0.4, -0.2) is 53.1 Å². The molecule has 4 aromatic rings. The van der Waals surface area contributed by atoms with Gasteiger partial charge in [-0.3, -0.25) is 0 Å². The molecule has 0 unspecified atom stereocenters. The Labute approximate surface area is 196 Å². The second-order valence-electron chi connectivity index (χ2n) is 8.37. The Hall–Kier alpha value is -4.16. The number of piperazine rings is 1. The first-order valence-electron chi connectivity index (χ1n) is 11.0. The summed E-state index contributed by atoms with van der Waals surface area (Å²) in [5, 5.41) is 13.4. The van der Waals surface area contributed by atoms with E-state index in [0.29, 0.717) is 16.7 Å². The minimum atomic E-state index is -0.515. The smallest absolute Gasteiger partial charge is 0.242 e. The van der Waals surface area contributed by atoms with E-state index in [0.717, 1.165) is 43.2 Å². The number of hydrogen-bond donors (Lipinski definition) is 2. The largest absolute Gasteiger partial charge is 0.434 e. The van der Waals surface area contributed by atoms with Crippen molar-refractivity contribution in [2.75, 3.05) is 43.4 Å². The summed E-state index contributed by atoms with van der Waals surface area (Å²) in [5.74, 6) is -0.244. The summed E-state index contributed by atoms with van der Waals surface area (Å²) in [6.45, 7) is 5.77. The molecular weight excluding hydrogens is 433 g/mol. The normalized spacial score (nSPS) is 14.2. The minimum absolute atomic E-state index is 0.00952. The number of aromatic amines is 1. The van der Waals surface area contributed by atoms with Crippen LogP contribution in [0.3, 0.4) is 0 Å². The van der Waals surface area contributed by atoms with Gasteiger partial charge in [0.15, 0.2) is 22.9 Å². The lowest BCUT2D eigenvalue weighted by atomic mass is 10.2. The maximum Gasteiger partial charge on any atom is 0.242 e. The van der Waals surface area contributed by atoms with Crippen LogP contribution in [0.1, 0.15) is 11.3 Å². The quantitative estimate of drug-likeness (QED) is 0.454. The molecule has 2 aromatic carbocycles. The Morgan fingerprint density at radius 3 is 2.74 bits per heavy atom. The van der Waals surface area contributed by atoms with Crippen LogP contribution in [0.4, 0.5) is 21.6 Å². The van der Waals surface area contributed by atoms with Crippen molar-refractivity contribution in [2.45, 2.75) is 6.92 Å². The summed E-state index contributed by atoms with van der Waals surface area (Å²) in [5.41, 5.74) is 3.49. The number of likely N-dealkylation sites (N-methyl/N-ethyl adjacent to an activating group) is 1. The van der Waals surface area contributed by atoms with Crippen molar-refractivity contribution >= 4 is 28.1 Å². The number of fused-ring (bicyclic) bond motifs is 1. The number of nitrogens with zero attached hydrogens (tertiary/aromatic N) is 5. The molecule has 2 N–H and O–H groups in total. The average molecular weight is 458 g/mol. The molecule has 1 aliphatic heterocycles. The Morgan fingerprint density at radius 2 is 1.94 bits per heavy atom. The summed E-state index contributed by atoms with van der Waals surface area (Å²) < 4.78 is 20.7. The molecule has 9 heteroatoms. The van der Waals surface area contributed by atoms with E-state index < -0.39 is 5.82 Å². The van der Waals surface area contributed by atoms with Crippen LogP contribution in [0.5, 0.6) is 11.6 Å². The van der Waals surface area contributed by atoms with Gasteiger partial charge < -0.3 is 24.8 Å². The van der Waals surface area contributed by atoms with Gasteiger partial charge in [-0.1, -0.05) is 6.07 Å². The number of nitrogens with one attached hydrogen (secondary N) is 2. The molecule has 0 saturated carbocycles. The number of benzene rings is 2. The van der Waals surface area contributed by atoms with Crippen molar-refractivity contribution in [3.05, 3.63) is 65.9 Å². The minimum Gasteiger partial charge on any atom is -0.434 e. The number of rotatable bonds is 5. The molecule has 34 heavy (non-hydrogen) atoms. The molecule has 3 heterocycles. The van der Waals surface area contributed by atoms with E-state index in [1.54, 1.807) is 12.1 Å². The monoisotopic (exact) mass is 457 g/mol. The van der Waals surface area contributed by atoms with Gasteiger partial charge in [0.1, 0.15) is 12.4 Å². The van der Waals surface area contributed by atoms with Crippen LogP contribution < -0.4 is 15.0 Å². The number of anilines is 3. The lowest BCUT2D eigenvalue weighted by Crippen LogP contribution is -2.44. The van der Waals surface area contributed by atoms with Crippen LogP contribution in [0.25, 0.3) is 10.9 Å². The maximum atomic E-state index is 15.0. The van der Waals surface area contributed by atoms with Gasteiger partial charge >= 0.3 is 0 Å². The highest BCUT2D eigenvalue weighted by Gasteiger charge is 2.18. The zero-order valence-electron chi connectivity index (χ0n) is 19.0. The van der Waals surface area contributed by atoms with E-state index in [1.165, 1.54) is 12.4 Å². The van der Waals surface area contributed by atoms with Gasteiger partial charge in [-0.2, -0.15) is 5.26 Å². The number of hydrogen-bond acceptors (Lipinski definition) is 7. The molecular formula is C25H24FN7O. The topological polar surface area (TPSA) is 93.1 Å². The third kappa shape index (κ3) is 4.23. The fourth-order valence-electron chi connectivity index (χ4n) is 4.10. The Balaban J connectivity index is 1.41. The molecule has 0 atom stereocenters. The first kappa shape index (κ1) is 21.7. The van der Waals surface area contributed by atoms with Crippen molar-refractivity contribution in [2.24, 2.45) is 0 Å². The highest BCUT2D eigenvalue weighted by atomic mass is 19.1. The van der Waals surface area contributed by atoms with Gasteiger partial charge in [0.25, 0.3) is 0 Å². The van der Waals surface area contributed by atoms with Crippen LogP contribution in [-0.2, 0) is 0 Å². The van der Waals surface area contributed by atoms with Gasteiger partial charge in [0.05, 0.1) is 0 Å². The second kappa shape index (κ2) is 9.00. The third-order valence-corrected chi connectivity index (χ3v) is 5.95. The molecule has 172 valence electrons. The van der Waals surface area contributed by atoms with Crippen LogP contribution in [0.15, 0.2) is 48.8 Å². The standard InChI is InChI=1S/C25H24FN7O/c1-16-12-19-21(30-16)6-7-22(23(19)26)34-25-20(14-27)24(28-15-29-25)31-17-4-3-5-18(13-17)33-10-8-32(2)9-11-33/h3-7,12-13,15,30H,8-11H2,1-2H3,(H,28,29,31). The summed E-state index contributed by atoms with van der Waals surface area (Å²) in [6, 6.07) is 15.0. The van der Waals surface area contributed by atoms with Crippen molar-refractivity contribution in [1.82, 2.24) is 19.9 Å². The molecule has 1 saturated heterocycles. The highest BCUT2D eigenvalue weighted by molar-refractivity contribution is 5.83. The van der Waals surface area contributed by atoms with Crippen LogP contribution in [0, 0.1) is 24.1 Å². The molecule has 5 rings (SSSR count). The molecule has 0 bridgehead atoms. The molecule has 0 radical (unpaired) electrons. The summed E-state index contributed by atoms with van der Waals surface area (Å²) in [4.78, 5) is 16.0. The van der Waals surface area contributed by atoms with Crippen molar-refractivity contribution in [3.63, 3.8) is 0 Å². The number of aromatic nitrogens is 3. The van der Waals surface area contributed by atoms with Gasteiger partial charge in [0, 0.05) is 54.2 Å². The highest BCUT2D eigenvalue weighted by Crippen LogP contribution is 2.33. The Kier molecular flexibility index (Phi) is 5.74. The van der Waals surface area contributed by atoms with Crippen molar-refractivity contribution in [3.8, 4) is 17.7 Å². The predicted octanol–water partition coefficient (Wildman–Crippen LogP) is 4.56. The van der Waals surface area contributed by atoms with E-state index >= 15 is 4.39 Å². The molecule has 0 amide bonds. The van der Waals surface area contributed by atoms with E-state index in [1.807, 2.05) is 25.1 Å². The number of nitriles is 1. The Bertz CT molecular complexity index is 1390. The number of ether oxygens (including phenoxy) is 1. The lowest BCUT2D eigenvalue weighted by Gasteiger charge is -2.34. The first-order chi connectivity index (χ1) is 16.5. The lowest BCUT2D eigenvalue weighted by molar-refractivity contribution is 0.313. The van der Waals surface area contributed by atoms with E-state index in [9.17, 15) is 5.26 Å². The molecule has 8 nitrogen and oxygen atoms in total. The molecule has 2 aromatic heterocycles. The summed E-state index contributed by atoms with van der Waals surface area (Å²) in [6.07, 6.45) is 1.29. The number of aryl methyl sites for hydroxylation is 1. The van der Waals surface area contributed by atoms with E-state index in [2.05, 4.69) is 49.3 Å². The fourth-order valence-corrected chi connectivity index (χ4v) is 4.10.